The molecule has 26 nitrogen and oxygen atoms in total. The van der Waals surface area contributed by atoms with E-state index in [4.69, 9.17) is 28.0 Å². The van der Waals surface area contributed by atoms with E-state index in [1.54, 1.807) is 0 Å². The molecule has 2 aromatic heterocycles. The molecule has 4 atom stereocenters. The predicted molar refractivity (Wildman–Crippen MR) is 204 cm³/mol. The Bertz CT molecular complexity index is 2160. The number of carbonyl (C=O) groups excluding carboxylic acids is 5. The summed E-state index contributed by atoms with van der Waals surface area (Å²) in [7, 11) is 0. The summed E-state index contributed by atoms with van der Waals surface area (Å²) in [6.07, 6.45) is -1.76. The Kier molecular flexibility index (Phi) is 16.5. The average molecular weight is 827 g/mol. The molecule has 0 spiro atoms. The van der Waals surface area contributed by atoms with Gasteiger partial charge in [0.2, 0.25) is 29.6 Å². The van der Waals surface area contributed by atoms with Crippen molar-refractivity contribution in [3.05, 3.63) is 52.1 Å². The third kappa shape index (κ3) is 14.9. The number of H-pyrrole nitrogens is 1. The summed E-state index contributed by atoms with van der Waals surface area (Å²) in [5, 5.41) is 40.1. The second kappa shape index (κ2) is 21.4. The Labute approximate surface area is 332 Å². The van der Waals surface area contributed by atoms with Crippen molar-refractivity contribution < 1.29 is 53.7 Å². The lowest BCUT2D eigenvalue weighted by Crippen LogP contribution is -2.57. The van der Waals surface area contributed by atoms with Crippen molar-refractivity contribution in [2.24, 2.45) is 22.2 Å². The number of aliphatic imine (C=N–C) groups is 1. The van der Waals surface area contributed by atoms with Crippen molar-refractivity contribution in [2.45, 2.75) is 69.2 Å². The molecule has 59 heavy (non-hydrogen) atoms. The summed E-state index contributed by atoms with van der Waals surface area (Å²) in [4.78, 5) is 129. The van der Waals surface area contributed by atoms with Gasteiger partial charge < -0.3 is 64.8 Å². The summed E-state index contributed by atoms with van der Waals surface area (Å²) in [5.41, 5.74) is 21.7. The number of carboxylic acid groups (broad SMARTS) is 3. The van der Waals surface area contributed by atoms with Gasteiger partial charge in [0.05, 0.1) is 31.3 Å². The lowest BCUT2D eigenvalue weighted by molar-refractivity contribution is -0.141. The van der Waals surface area contributed by atoms with Crippen molar-refractivity contribution in [1.82, 2.24) is 41.2 Å². The van der Waals surface area contributed by atoms with Gasteiger partial charge in [-0.3, -0.25) is 48.3 Å². The maximum atomic E-state index is 13.2. The van der Waals surface area contributed by atoms with Crippen LogP contribution >= 0.6 is 0 Å². The van der Waals surface area contributed by atoms with Gasteiger partial charge in [-0.15, -0.1) is 0 Å². The SMILES string of the molecule is NC(=O)[C@H](CC(=O)O)NC(=O)[C@H](CCCN=C(N)N)NC(=O)[C@H](CC(=O)O)NC(=O)CC[C@H](NC(=O)c1ccc(NCc2cnc3nc(N)[nH]c(=O)c3n2)cc1)C(=O)O. The van der Waals surface area contributed by atoms with E-state index in [0.29, 0.717) is 11.4 Å². The molecule has 0 bridgehead atoms. The highest BCUT2D eigenvalue weighted by atomic mass is 16.4. The van der Waals surface area contributed by atoms with Gasteiger partial charge in [-0.25, -0.2) is 14.8 Å². The molecule has 3 aromatic rings. The summed E-state index contributed by atoms with van der Waals surface area (Å²) in [5.74, 6) is -10.2. The van der Waals surface area contributed by atoms with E-state index in [1.165, 1.54) is 30.5 Å². The first-order chi connectivity index (χ1) is 27.8. The second-order valence-corrected chi connectivity index (χ2v) is 12.6. The number of rotatable bonds is 23. The van der Waals surface area contributed by atoms with Crippen LogP contribution in [0.4, 0.5) is 11.6 Å². The first-order valence-corrected chi connectivity index (χ1v) is 17.4. The first kappa shape index (κ1) is 45.5. The third-order valence-corrected chi connectivity index (χ3v) is 8.02. The second-order valence-electron chi connectivity index (χ2n) is 12.6. The quantitative estimate of drug-likeness (QED) is 0.0245. The molecule has 0 unspecified atom stereocenters. The lowest BCUT2D eigenvalue weighted by atomic mass is 10.1. The smallest absolute Gasteiger partial charge is 0.326 e. The molecule has 0 fully saturated rings. The Hall–Kier alpha value is -7.93. The molecule has 0 saturated carbocycles. The van der Waals surface area contributed by atoms with E-state index in [9.17, 15) is 53.4 Å². The van der Waals surface area contributed by atoms with Gasteiger partial charge in [-0.2, -0.15) is 4.98 Å². The van der Waals surface area contributed by atoms with Crippen LogP contribution in [0.1, 0.15) is 54.6 Å². The number of amides is 5. The van der Waals surface area contributed by atoms with Crippen LogP contribution in [0.3, 0.4) is 0 Å². The standard InChI is InChI=1S/C33H42N14O12/c34-25(53)19(10-22(49)50)45-28(55)17(2-1-9-38-32(35)36)43-29(56)20(11-23(51)52)42-21(48)8-7-18(31(58)59)44-27(54)14-3-5-15(6-4-14)39-12-16-13-40-26-24(41-16)30(57)47-33(37)46-26/h3-6,13,17-20,39H,1-2,7-12H2,(H2,34,53)(H,42,48)(H,43,56)(H,44,54)(H,45,55)(H,49,50)(H,51,52)(H,58,59)(H4,35,36,38)(H3,37,40,46,47,57)/t17-,18-,19-,20-/m0/s1. The van der Waals surface area contributed by atoms with E-state index < -0.39 is 103 Å². The molecule has 0 aliphatic rings. The van der Waals surface area contributed by atoms with E-state index >= 15 is 0 Å². The zero-order valence-electron chi connectivity index (χ0n) is 31.0. The molecule has 0 aliphatic carbocycles. The summed E-state index contributed by atoms with van der Waals surface area (Å²) in [6.45, 7) is 0.0948. The minimum Gasteiger partial charge on any atom is -0.481 e. The number of aromatic nitrogens is 4. The number of carbonyl (C=O) groups is 8. The fraction of sp³-hybridized carbons (Fsp3) is 0.364. The Balaban J connectivity index is 1.61. The van der Waals surface area contributed by atoms with Crippen molar-refractivity contribution in [3.63, 3.8) is 0 Å². The van der Waals surface area contributed by atoms with Crippen LogP contribution in [-0.2, 0) is 40.1 Å². The van der Waals surface area contributed by atoms with Gasteiger partial charge >= 0.3 is 17.9 Å². The molecule has 0 radical (unpaired) electrons. The van der Waals surface area contributed by atoms with Gasteiger partial charge in [0.1, 0.15) is 24.2 Å². The van der Waals surface area contributed by atoms with Gasteiger partial charge in [0, 0.05) is 24.2 Å². The van der Waals surface area contributed by atoms with E-state index in [-0.39, 0.29) is 54.6 Å². The van der Waals surface area contributed by atoms with Crippen molar-refractivity contribution in [2.75, 3.05) is 17.6 Å². The van der Waals surface area contributed by atoms with Crippen LogP contribution in [0.25, 0.3) is 11.2 Å². The molecule has 316 valence electrons. The van der Waals surface area contributed by atoms with Crippen molar-refractivity contribution in [1.29, 1.82) is 0 Å². The number of aliphatic carboxylic acids is 3. The average Bonchev–Trinajstić information content (AvgIpc) is 3.15. The maximum absolute atomic E-state index is 13.2. The number of nitrogens with two attached hydrogens (primary N) is 4. The van der Waals surface area contributed by atoms with Crippen LogP contribution in [0.2, 0.25) is 0 Å². The summed E-state index contributed by atoms with van der Waals surface area (Å²) in [6, 6.07) is -0.827. The van der Waals surface area contributed by atoms with Crippen LogP contribution in [-0.4, -0.2) is 119 Å². The number of nitrogens with one attached hydrogen (secondary N) is 6. The number of benzene rings is 1. The molecule has 0 saturated heterocycles. The zero-order chi connectivity index (χ0) is 43.8. The lowest BCUT2D eigenvalue weighted by Gasteiger charge is -2.24. The highest BCUT2D eigenvalue weighted by Gasteiger charge is 2.31. The monoisotopic (exact) mass is 826 g/mol. The summed E-state index contributed by atoms with van der Waals surface area (Å²) >= 11 is 0. The molecule has 26 heteroatoms. The van der Waals surface area contributed by atoms with Crippen molar-refractivity contribution >= 4 is 76.2 Å². The Morgan fingerprint density at radius 3 is 2.02 bits per heavy atom. The number of nitrogens with zero attached hydrogens (tertiary/aromatic N) is 4. The highest BCUT2D eigenvalue weighted by molar-refractivity contribution is 5.98. The molecular formula is C33H42N14O12. The van der Waals surface area contributed by atoms with Crippen LogP contribution in [0.15, 0.2) is 40.2 Å². The molecule has 3 rings (SSSR count). The number of nitrogen functional groups attached to an aromatic ring is 1. The topological polar surface area (TPSA) is 445 Å². The van der Waals surface area contributed by atoms with Crippen LogP contribution in [0, 0.1) is 0 Å². The van der Waals surface area contributed by atoms with Gasteiger partial charge in [-0.1, -0.05) is 0 Å². The Morgan fingerprint density at radius 2 is 1.41 bits per heavy atom. The summed E-state index contributed by atoms with van der Waals surface area (Å²) < 4.78 is 0. The number of aromatic amines is 1. The van der Waals surface area contributed by atoms with Gasteiger partial charge in [-0.05, 0) is 43.5 Å². The molecule has 0 aliphatic heterocycles. The van der Waals surface area contributed by atoms with Gasteiger partial charge in [0.25, 0.3) is 11.5 Å². The number of fused-ring (bicyclic) bond motifs is 1. The number of hydrogen-bond acceptors (Lipinski definition) is 15. The number of guanidine groups is 1. The largest absolute Gasteiger partial charge is 0.481 e. The molecule has 1 aromatic carbocycles. The van der Waals surface area contributed by atoms with Crippen molar-refractivity contribution in [3.8, 4) is 0 Å². The number of anilines is 2. The van der Waals surface area contributed by atoms with E-state index in [2.05, 4.69) is 51.5 Å². The number of hydrogen-bond donors (Lipinski definition) is 13. The predicted octanol–water partition coefficient (Wildman–Crippen LogP) is -4.19. The maximum Gasteiger partial charge on any atom is 0.326 e. The molecule has 5 amide bonds. The number of carboxylic acids is 3. The molecule has 2 heterocycles. The Morgan fingerprint density at radius 1 is 0.780 bits per heavy atom. The normalized spacial score (nSPS) is 12.7. The van der Waals surface area contributed by atoms with E-state index in [0.717, 1.165) is 0 Å². The minimum absolute atomic E-state index is 0.0148. The molecular weight excluding hydrogens is 784 g/mol. The molecule has 17 N–H and O–H groups in total. The zero-order valence-corrected chi connectivity index (χ0v) is 31.0. The fourth-order valence-corrected chi connectivity index (χ4v) is 5.13. The fourth-order valence-electron chi connectivity index (χ4n) is 5.13. The number of primary amides is 1. The van der Waals surface area contributed by atoms with Crippen LogP contribution in [0.5, 0.6) is 0 Å². The van der Waals surface area contributed by atoms with E-state index in [1.807, 2.05) is 0 Å². The van der Waals surface area contributed by atoms with Gasteiger partial charge in [0.15, 0.2) is 17.1 Å². The first-order valence-electron chi connectivity index (χ1n) is 17.4. The third-order valence-electron chi connectivity index (χ3n) is 8.02. The highest BCUT2D eigenvalue weighted by Crippen LogP contribution is 2.13. The minimum atomic E-state index is -1.81. The van der Waals surface area contributed by atoms with Crippen LogP contribution < -0.4 is 55.1 Å².